The Kier molecular flexibility index (Phi) is 4.95. The van der Waals surface area contributed by atoms with Crippen LogP contribution in [0.5, 0.6) is 0 Å². The lowest BCUT2D eigenvalue weighted by Gasteiger charge is -2.08. The Hall–Kier alpha value is -3.24. The van der Waals surface area contributed by atoms with Crippen LogP contribution in [0.3, 0.4) is 0 Å². The largest absolute Gasteiger partial charge is 0.330 e. The molecule has 156 valence electrons. The van der Waals surface area contributed by atoms with E-state index in [9.17, 15) is 4.79 Å². The fourth-order valence-corrected chi connectivity index (χ4v) is 5.11. The molecule has 0 spiro atoms. The number of nitrogens with one attached hydrogen (secondary N) is 1. The predicted octanol–water partition coefficient (Wildman–Crippen LogP) is 4.09. The molecule has 0 radical (unpaired) electrons. The minimum Gasteiger partial charge on any atom is -0.330 e. The Balaban J connectivity index is 1.41. The van der Waals surface area contributed by atoms with Crippen molar-refractivity contribution < 1.29 is 0 Å². The minimum absolute atomic E-state index is 0.0824. The highest BCUT2D eigenvalue weighted by Gasteiger charge is 2.15. The monoisotopic (exact) mass is 449 g/mol. The van der Waals surface area contributed by atoms with Crippen molar-refractivity contribution in [3.63, 3.8) is 0 Å². The maximum atomic E-state index is 12.6. The summed E-state index contributed by atoms with van der Waals surface area (Å²) in [6.45, 7) is 4.17. The SMILES string of the molecule is Cc1cccc(Nc2nnc(SCc3nnc4n(C)c(=O)c5ccccc5n34)s2)c1C. The van der Waals surface area contributed by atoms with Crippen molar-refractivity contribution in [1.82, 2.24) is 29.4 Å². The molecule has 0 aliphatic rings. The fraction of sp³-hybridized carbons (Fsp3) is 0.190. The summed E-state index contributed by atoms with van der Waals surface area (Å²) in [7, 11) is 1.71. The summed E-state index contributed by atoms with van der Waals surface area (Å²) in [6, 6.07) is 13.7. The van der Waals surface area contributed by atoms with Crippen molar-refractivity contribution in [2.24, 2.45) is 7.05 Å². The summed E-state index contributed by atoms with van der Waals surface area (Å²) in [6.07, 6.45) is 0. The van der Waals surface area contributed by atoms with Crippen molar-refractivity contribution in [2.75, 3.05) is 5.32 Å². The van der Waals surface area contributed by atoms with Crippen LogP contribution >= 0.6 is 23.1 Å². The second kappa shape index (κ2) is 7.78. The van der Waals surface area contributed by atoms with Gasteiger partial charge in [-0.3, -0.25) is 13.8 Å². The quantitative estimate of drug-likeness (QED) is 0.404. The van der Waals surface area contributed by atoms with Crippen LogP contribution in [0.2, 0.25) is 0 Å². The first kappa shape index (κ1) is 19.7. The molecule has 3 heterocycles. The van der Waals surface area contributed by atoms with E-state index in [1.54, 1.807) is 18.8 Å². The van der Waals surface area contributed by atoms with Crippen molar-refractivity contribution >= 4 is 50.6 Å². The zero-order valence-corrected chi connectivity index (χ0v) is 18.8. The molecule has 5 aromatic rings. The molecular formula is C21H19N7OS2. The lowest BCUT2D eigenvalue weighted by atomic mass is 10.1. The molecule has 1 N–H and O–H groups in total. The van der Waals surface area contributed by atoms with Crippen LogP contribution < -0.4 is 10.9 Å². The maximum absolute atomic E-state index is 12.6. The number of hydrogen-bond acceptors (Lipinski definition) is 8. The number of anilines is 2. The predicted molar refractivity (Wildman–Crippen MR) is 124 cm³/mol. The van der Waals surface area contributed by atoms with Gasteiger partial charge in [0.25, 0.3) is 5.56 Å². The molecule has 0 fully saturated rings. The van der Waals surface area contributed by atoms with Crippen LogP contribution in [0.4, 0.5) is 10.8 Å². The Morgan fingerprint density at radius 2 is 1.87 bits per heavy atom. The van der Waals surface area contributed by atoms with Gasteiger partial charge < -0.3 is 5.32 Å². The number of aryl methyl sites for hydroxylation is 2. The summed E-state index contributed by atoms with van der Waals surface area (Å²) in [5.41, 5.74) is 4.17. The van der Waals surface area contributed by atoms with Gasteiger partial charge >= 0.3 is 0 Å². The topological polar surface area (TPSA) is 90.0 Å². The highest BCUT2D eigenvalue weighted by atomic mass is 32.2. The van der Waals surface area contributed by atoms with E-state index in [0.717, 1.165) is 26.5 Å². The van der Waals surface area contributed by atoms with E-state index in [-0.39, 0.29) is 5.56 Å². The van der Waals surface area contributed by atoms with Gasteiger partial charge in [-0.15, -0.1) is 20.4 Å². The Morgan fingerprint density at radius 1 is 1.03 bits per heavy atom. The van der Waals surface area contributed by atoms with E-state index in [4.69, 9.17) is 0 Å². The van der Waals surface area contributed by atoms with E-state index >= 15 is 0 Å². The zero-order chi connectivity index (χ0) is 21.5. The molecule has 3 aromatic heterocycles. The second-order valence-electron chi connectivity index (χ2n) is 7.17. The third kappa shape index (κ3) is 3.47. The van der Waals surface area contributed by atoms with Crippen LogP contribution in [-0.2, 0) is 12.8 Å². The fourth-order valence-electron chi connectivity index (χ4n) is 3.43. The number of hydrogen-bond donors (Lipinski definition) is 1. The summed E-state index contributed by atoms with van der Waals surface area (Å²) in [5, 5.41) is 21.9. The van der Waals surface area contributed by atoms with Crippen LogP contribution in [0.1, 0.15) is 17.0 Å². The third-order valence-electron chi connectivity index (χ3n) is 5.27. The van der Waals surface area contributed by atoms with Gasteiger partial charge in [-0.25, -0.2) is 0 Å². The van der Waals surface area contributed by atoms with Crippen LogP contribution in [0.25, 0.3) is 16.7 Å². The molecule has 0 aliphatic heterocycles. The van der Waals surface area contributed by atoms with Gasteiger partial charge in [0, 0.05) is 12.7 Å². The number of fused-ring (bicyclic) bond motifs is 3. The molecule has 10 heteroatoms. The van der Waals surface area contributed by atoms with E-state index < -0.39 is 0 Å². The van der Waals surface area contributed by atoms with Crippen LogP contribution in [0, 0.1) is 13.8 Å². The van der Waals surface area contributed by atoms with Gasteiger partial charge in [0.15, 0.2) is 4.34 Å². The lowest BCUT2D eigenvalue weighted by Crippen LogP contribution is -2.20. The average Bonchev–Trinajstić information content (AvgIpc) is 3.41. The molecule has 0 atom stereocenters. The number of rotatable bonds is 5. The summed E-state index contributed by atoms with van der Waals surface area (Å²) < 4.78 is 4.29. The second-order valence-corrected chi connectivity index (χ2v) is 9.37. The molecule has 0 unspecified atom stereocenters. The van der Waals surface area contributed by atoms with Crippen molar-refractivity contribution in [2.45, 2.75) is 23.9 Å². The summed E-state index contributed by atoms with van der Waals surface area (Å²) >= 11 is 3.04. The van der Waals surface area contributed by atoms with Crippen molar-refractivity contribution in [3.8, 4) is 0 Å². The Labute approximate surface area is 186 Å². The van der Waals surface area contributed by atoms with Crippen LogP contribution in [0.15, 0.2) is 51.6 Å². The number of para-hydroxylation sites is 1. The van der Waals surface area contributed by atoms with E-state index in [1.807, 2.05) is 40.8 Å². The van der Waals surface area contributed by atoms with Gasteiger partial charge in [-0.05, 0) is 43.2 Å². The van der Waals surface area contributed by atoms with Gasteiger partial charge in [0.1, 0.15) is 5.82 Å². The summed E-state index contributed by atoms with van der Waals surface area (Å²) in [5.74, 6) is 1.83. The Morgan fingerprint density at radius 3 is 2.74 bits per heavy atom. The number of nitrogens with zero attached hydrogens (tertiary/aromatic N) is 6. The number of aromatic nitrogens is 6. The highest BCUT2D eigenvalue weighted by molar-refractivity contribution is 8.00. The van der Waals surface area contributed by atoms with E-state index in [0.29, 0.717) is 16.9 Å². The van der Waals surface area contributed by atoms with E-state index in [1.165, 1.54) is 27.0 Å². The van der Waals surface area contributed by atoms with Crippen LogP contribution in [-0.4, -0.2) is 29.4 Å². The molecular weight excluding hydrogens is 430 g/mol. The molecule has 5 rings (SSSR count). The minimum atomic E-state index is -0.0824. The zero-order valence-electron chi connectivity index (χ0n) is 17.2. The lowest BCUT2D eigenvalue weighted by molar-refractivity contribution is 0.857. The van der Waals surface area contributed by atoms with E-state index in [2.05, 4.69) is 45.6 Å². The standard InChI is InChI=1S/C21H19N7OS2/c1-12-7-6-9-15(13(12)2)22-19-24-26-21(31-19)30-11-17-23-25-20-27(3)18(29)14-8-4-5-10-16(14)28(17)20/h4-10H,11H2,1-3H3,(H,22,24). The molecule has 0 amide bonds. The third-order valence-corrected chi connectivity index (χ3v) is 7.24. The first-order valence-electron chi connectivity index (χ1n) is 9.64. The highest BCUT2D eigenvalue weighted by Crippen LogP contribution is 2.31. The first-order valence-corrected chi connectivity index (χ1v) is 11.4. The van der Waals surface area contributed by atoms with Gasteiger partial charge in [-0.2, -0.15) is 0 Å². The molecule has 0 aliphatic carbocycles. The van der Waals surface area contributed by atoms with Gasteiger partial charge in [0.2, 0.25) is 10.9 Å². The molecule has 0 saturated heterocycles. The molecule has 0 bridgehead atoms. The first-order chi connectivity index (χ1) is 15.0. The smallest absolute Gasteiger partial charge is 0.262 e. The Bertz CT molecular complexity index is 1480. The van der Waals surface area contributed by atoms with Crippen molar-refractivity contribution in [1.29, 1.82) is 0 Å². The number of thioether (sulfide) groups is 1. The molecule has 8 nitrogen and oxygen atoms in total. The molecule has 2 aromatic carbocycles. The van der Waals surface area contributed by atoms with Gasteiger partial charge in [0.05, 0.1) is 16.7 Å². The van der Waals surface area contributed by atoms with Gasteiger partial charge in [-0.1, -0.05) is 47.4 Å². The number of benzene rings is 2. The average molecular weight is 450 g/mol. The summed E-state index contributed by atoms with van der Waals surface area (Å²) in [4.78, 5) is 12.6. The molecule has 0 saturated carbocycles. The normalized spacial score (nSPS) is 11.5. The molecule has 31 heavy (non-hydrogen) atoms. The maximum Gasteiger partial charge on any atom is 0.262 e. The van der Waals surface area contributed by atoms with Crippen molar-refractivity contribution in [3.05, 3.63) is 69.8 Å².